The number of urea groups is 1. The number of hydrogen-bond donors (Lipinski definition) is 2. The molecule has 0 aliphatic carbocycles. The number of rotatable bonds is 4. The lowest BCUT2D eigenvalue weighted by atomic mass is 9.84. The number of ether oxygens (including phenoxy) is 2. The molecule has 2 N–H and O–H groups in total. The van der Waals surface area contributed by atoms with Gasteiger partial charge in [-0.05, 0) is 31.5 Å². The van der Waals surface area contributed by atoms with E-state index in [2.05, 4.69) is 24.5 Å². The minimum atomic E-state index is -0.190. The molecule has 0 fully saturated rings. The average molecular weight is 292 g/mol. The first-order valence-corrected chi connectivity index (χ1v) is 7.33. The van der Waals surface area contributed by atoms with Gasteiger partial charge < -0.3 is 20.1 Å². The normalized spacial score (nSPS) is 14.0. The molecule has 0 bridgehead atoms. The van der Waals surface area contributed by atoms with E-state index in [1.165, 1.54) is 0 Å². The largest absolute Gasteiger partial charge is 0.486 e. The van der Waals surface area contributed by atoms with E-state index >= 15 is 0 Å². The molecule has 1 heterocycles. The summed E-state index contributed by atoms with van der Waals surface area (Å²) in [5.41, 5.74) is 0.918. The molecule has 0 saturated heterocycles. The molecule has 116 valence electrons. The van der Waals surface area contributed by atoms with Crippen molar-refractivity contribution in [2.75, 3.05) is 19.8 Å². The van der Waals surface area contributed by atoms with Gasteiger partial charge in [-0.3, -0.25) is 0 Å². The van der Waals surface area contributed by atoms with Crippen LogP contribution in [0.25, 0.3) is 0 Å². The van der Waals surface area contributed by atoms with Gasteiger partial charge in [0, 0.05) is 18.0 Å². The molecule has 2 amide bonds. The summed E-state index contributed by atoms with van der Waals surface area (Å²) in [5, 5.41) is 5.73. The maximum atomic E-state index is 11.7. The summed E-state index contributed by atoms with van der Waals surface area (Å²) in [6.07, 6.45) is 0. The Kier molecular flexibility index (Phi) is 4.60. The Balaban J connectivity index is 2.03. The molecular weight excluding hydrogens is 268 g/mol. The lowest BCUT2D eigenvalue weighted by Gasteiger charge is -2.28. The van der Waals surface area contributed by atoms with Crippen LogP contribution in [0.15, 0.2) is 18.2 Å². The summed E-state index contributed by atoms with van der Waals surface area (Å²) < 4.78 is 11.1. The SMILES string of the molecule is CC(C)NC(=O)NCC(C)(C)c1ccc2c(c1)OCCO2. The molecule has 5 nitrogen and oxygen atoms in total. The van der Waals surface area contributed by atoms with Crippen molar-refractivity contribution in [2.45, 2.75) is 39.2 Å². The first-order chi connectivity index (χ1) is 9.88. The van der Waals surface area contributed by atoms with Gasteiger partial charge in [0.2, 0.25) is 0 Å². The van der Waals surface area contributed by atoms with Gasteiger partial charge in [-0.1, -0.05) is 19.9 Å². The number of benzene rings is 1. The highest BCUT2D eigenvalue weighted by Gasteiger charge is 2.24. The Labute approximate surface area is 126 Å². The van der Waals surface area contributed by atoms with Gasteiger partial charge in [0.05, 0.1) is 0 Å². The van der Waals surface area contributed by atoms with Crippen molar-refractivity contribution in [3.63, 3.8) is 0 Å². The zero-order valence-corrected chi connectivity index (χ0v) is 13.2. The van der Waals surface area contributed by atoms with Gasteiger partial charge in [0.1, 0.15) is 13.2 Å². The van der Waals surface area contributed by atoms with E-state index in [-0.39, 0.29) is 17.5 Å². The molecule has 1 aliphatic rings. The third-order valence-corrected chi connectivity index (χ3v) is 3.43. The minimum Gasteiger partial charge on any atom is -0.486 e. The monoisotopic (exact) mass is 292 g/mol. The number of hydrogen-bond acceptors (Lipinski definition) is 3. The van der Waals surface area contributed by atoms with Crippen molar-refractivity contribution in [1.82, 2.24) is 10.6 Å². The quantitative estimate of drug-likeness (QED) is 0.896. The van der Waals surface area contributed by atoms with Crippen LogP contribution in [-0.4, -0.2) is 31.8 Å². The Bertz CT molecular complexity index is 512. The molecule has 1 aromatic carbocycles. The van der Waals surface area contributed by atoms with E-state index in [0.717, 1.165) is 17.1 Å². The van der Waals surface area contributed by atoms with Crippen molar-refractivity contribution in [1.29, 1.82) is 0 Å². The van der Waals surface area contributed by atoms with Crippen LogP contribution in [0, 0.1) is 0 Å². The first-order valence-electron chi connectivity index (χ1n) is 7.33. The minimum absolute atomic E-state index is 0.127. The van der Waals surface area contributed by atoms with Gasteiger partial charge in [0.25, 0.3) is 0 Å². The molecule has 1 aliphatic heterocycles. The Morgan fingerprint density at radius 1 is 1.24 bits per heavy atom. The van der Waals surface area contributed by atoms with Crippen LogP contribution in [0.1, 0.15) is 33.3 Å². The summed E-state index contributed by atoms with van der Waals surface area (Å²) >= 11 is 0. The van der Waals surface area contributed by atoms with E-state index in [0.29, 0.717) is 19.8 Å². The highest BCUT2D eigenvalue weighted by molar-refractivity contribution is 5.74. The van der Waals surface area contributed by atoms with Crippen LogP contribution >= 0.6 is 0 Å². The number of fused-ring (bicyclic) bond motifs is 1. The smallest absolute Gasteiger partial charge is 0.315 e. The van der Waals surface area contributed by atoms with E-state index in [1.807, 2.05) is 32.0 Å². The lowest BCUT2D eigenvalue weighted by molar-refractivity contribution is 0.171. The maximum Gasteiger partial charge on any atom is 0.315 e. The molecule has 0 radical (unpaired) electrons. The van der Waals surface area contributed by atoms with Gasteiger partial charge >= 0.3 is 6.03 Å². The number of carbonyl (C=O) groups is 1. The molecule has 2 rings (SSSR count). The average Bonchev–Trinajstić information content (AvgIpc) is 2.44. The van der Waals surface area contributed by atoms with Crippen LogP contribution in [-0.2, 0) is 5.41 Å². The summed E-state index contributed by atoms with van der Waals surface area (Å²) in [7, 11) is 0. The first kappa shape index (κ1) is 15.5. The maximum absolute atomic E-state index is 11.7. The standard InChI is InChI=1S/C16H24N2O3/c1-11(2)18-15(19)17-10-16(3,4)12-5-6-13-14(9-12)21-8-7-20-13/h5-6,9,11H,7-8,10H2,1-4H3,(H2,17,18,19). The van der Waals surface area contributed by atoms with E-state index in [1.54, 1.807) is 0 Å². The van der Waals surface area contributed by atoms with Crippen LogP contribution in [0.3, 0.4) is 0 Å². The summed E-state index contributed by atoms with van der Waals surface area (Å²) in [5.74, 6) is 1.56. The molecule has 0 saturated carbocycles. The van der Waals surface area contributed by atoms with Crippen molar-refractivity contribution in [3.05, 3.63) is 23.8 Å². The molecule has 5 heteroatoms. The molecule has 0 atom stereocenters. The van der Waals surface area contributed by atoms with Crippen LogP contribution in [0.5, 0.6) is 11.5 Å². The second kappa shape index (κ2) is 6.24. The zero-order chi connectivity index (χ0) is 15.5. The topological polar surface area (TPSA) is 59.6 Å². The fraction of sp³-hybridized carbons (Fsp3) is 0.562. The van der Waals surface area contributed by atoms with Gasteiger partial charge in [-0.2, -0.15) is 0 Å². The third-order valence-electron chi connectivity index (χ3n) is 3.43. The third kappa shape index (κ3) is 4.03. The molecular formula is C16H24N2O3. The number of carbonyl (C=O) groups excluding carboxylic acids is 1. The predicted octanol–water partition coefficient (Wildman–Crippen LogP) is 2.44. The van der Waals surface area contributed by atoms with Gasteiger partial charge in [0.15, 0.2) is 11.5 Å². The van der Waals surface area contributed by atoms with Crippen molar-refractivity contribution in [2.24, 2.45) is 0 Å². The number of amides is 2. The van der Waals surface area contributed by atoms with Crippen LogP contribution < -0.4 is 20.1 Å². The Morgan fingerprint density at radius 3 is 2.57 bits per heavy atom. The lowest BCUT2D eigenvalue weighted by Crippen LogP contribution is -2.44. The van der Waals surface area contributed by atoms with Crippen molar-refractivity contribution >= 4 is 6.03 Å². The zero-order valence-electron chi connectivity index (χ0n) is 13.2. The highest BCUT2D eigenvalue weighted by Crippen LogP contribution is 2.34. The molecule has 0 aromatic heterocycles. The van der Waals surface area contributed by atoms with Gasteiger partial charge in [-0.15, -0.1) is 0 Å². The molecule has 0 unspecified atom stereocenters. The molecule has 1 aromatic rings. The van der Waals surface area contributed by atoms with Gasteiger partial charge in [-0.25, -0.2) is 4.79 Å². The van der Waals surface area contributed by atoms with Crippen molar-refractivity contribution < 1.29 is 14.3 Å². The fourth-order valence-corrected chi connectivity index (χ4v) is 2.18. The fourth-order valence-electron chi connectivity index (χ4n) is 2.18. The Hall–Kier alpha value is -1.91. The van der Waals surface area contributed by atoms with Crippen LogP contribution in [0.4, 0.5) is 4.79 Å². The second-order valence-electron chi connectivity index (χ2n) is 6.22. The molecule has 21 heavy (non-hydrogen) atoms. The van der Waals surface area contributed by atoms with Crippen molar-refractivity contribution in [3.8, 4) is 11.5 Å². The second-order valence-corrected chi connectivity index (χ2v) is 6.22. The summed E-state index contributed by atoms with van der Waals surface area (Å²) in [4.78, 5) is 11.7. The highest BCUT2D eigenvalue weighted by atomic mass is 16.6. The summed E-state index contributed by atoms with van der Waals surface area (Å²) in [6, 6.07) is 5.93. The van der Waals surface area contributed by atoms with E-state index in [4.69, 9.17) is 9.47 Å². The van der Waals surface area contributed by atoms with E-state index in [9.17, 15) is 4.79 Å². The van der Waals surface area contributed by atoms with Crippen LogP contribution in [0.2, 0.25) is 0 Å². The molecule has 0 spiro atoms. The Morgan fingerprint density at radius 2 is 1.90 bits per heavy atom. The number of nitrogens with one attached hydrogen (secondary N) is 2. The predicted molar refractivity (Wildman–Crippen MR) is 82.1 cm³/mol. The van der Waals surface area contributed by atoms with E-state index < -0.39 is 0 Å². The summed E-state index contributed by atoms with van der Waals surface area (Å²) in [6.45, 7) is 9.77.